The fourth-order valence-electron chi connectivity index (χ4n) is 4.69. The molecule has 1 atom stereocenters. The Kier molecular flexibility index (Phi) is 6.42. The predicted octanol–water partition coefficient (Wildman–Crippen LogP) is 1.99. The molecule has 1 unspecified atom stereocenters. The van der Waals surface area contributed by atoms with Crippen molar-refractivity contribution in [1.29, 1.82) is 0 Å². The largest absolute Gasteiger partial charge is 0.378 e. The summed E-state index contributed by atoms with van der Waals surface area (Å²) in [6.07, 6.45) is 4.62. The first-order chi connectivity index (χ1) is 13.2. The van der Waals surface area contributed by atoms with E-state index in [4.69, 9.17) is 4.74 Å². The molecule has 4 rings (SSSR count). The van der Waals surface area contributed by atoms with Crippen LogP contribution in [-0.4, -0.2) is 84.1 Å². The summed E-state index contributed by atoms with van der Waals surface area (Å²) in [5, 5.41) is 3.38. The van der Waals surface area contributed by atoms with Crippen molar-refractivity contribution in [3.63, 3.8) is 0 Å². The minimum atomic E-state index is 0.188. The lowest BCUT2D eigenvalue weighted by Gasteiger charge is -2.43. The highest BCUT2D eigenvalue weighted by Crippen LogP contribution is 2.26. The van der Waals surface area contributed by atoms with E-state index in [9.17, 15) is 4.79 Å². The van der Waals surface area contributed by atoms with Crippen LogP contribution in [0.25, 0.3) is 0 Å². The summed E-state index contributed by atoms with van der Waals surface area (Å²) in [5.41, 5.74) is 1.13. The molecular weight excluding hydrogens is 360 g/mol. The Hall–Kier alpha value is -1.02. The number of aromatic nitrogens is 1. The number of nitrogens with zero attached hydrogens (tertiary/aromatic N) is 4. The molecule has 0 N–H and O–H groups in total. The number of carbonyl (C=O) groups excluding carboxylic acids is 1. The molecule has 3 saturated heterocycles. The van der Waals surface area contributed by atoms with Gasteiger partial charge in [-0.05, 0) is 39.2 Å². The average Bonchev–Trinajstić information content (AvgIpc) is 3.13. The standard InChI is InChI=1S/C20H32N4O2S/c1-16-15-27-19(21-16)14-22-7-4-18(5-8-22)24-6-2-3-17(13-24)20(25)23-9-11-26-12-10-23/h15,17-18H,2-14H2,1H3. The normalized spacial score (nSPS) is 26.4. The molecule has 4 heterocycles. The fourth-order valence-corrected chi connectivity index (χ4v) is 5.50. The van der Waals surface area contributed by atoms with Gasteiger partial charge in [0.1, 0.15) is 5.01 Å². The van der Waals surface area contributed by atoms with E-state index in [0.29, 0.717) is 25.2 Å². The number of piperidine rings is 2. The summed E-state index contributed by atoms with van der Waals surface area (Å²) in [7, 11) is 0. The van der Waals surface area contributed by atoms with E-state index < -0.39 is 0 Å². The number of aryl methyl sites for hydroxylation is 1. The number of carbonyl (C=O) groups is 1. The predicted molar refractivity (Wildman–Crippen MR) is 107 cm³/mol. The lowest BCUT2D eigenvalue weighted by atomic mass is 9.92. The van der Waals surface area contributed by atoms with Crippen LogP contribution in [-0.2, 0) is 16.1 Å². The molecule has 0 saturated carbocycles. The highest BCUT2D eigenvalue weighted by Gasteiger charge is 2.33. The first kappa shape index (κ1) is 19.3. The third-order valence-corrected chi connectivity index (χ3v) is 7.18. The van der Waals surface area contributed by atoms with Gasteiger partial charge in [-0.2, -0.15) is 0 Å². The summed E-state index contributed by atoms with van der Waals surface area (Å²) >= 11 is 1.77. The van der Waals surface area contributed by atoms with Crippen LogP contribution in [0.5, 0.6) is 0 Å². The van der Waals surface area contributed by atoms with Crippen molar-refractivity contribution in [2.45, 2.75) is 45.2 Å². The van der Waals surface area contributed by atoms with Gasteiger partial charge in [-0.25, -0.2) is 4.98 Å². The minimum Gasteiger partial charge on any atom is -0.378 e. The molecule has 27 heavy (non-hydrogen) atoms. The van der Waals surface area contributed by atoms with E-state index in [1.807, 2.05) is 4.90 Å². The molecular formula is C20H32N4O2S. The first-order valence-electron chi connectivity index (χ1n) is 10.4. The van der Waals surface area contributed by atoms with E-state index >= 15 is 0 Å². The molecule has 3 aliphatic heterocycles. The van der Waals surface area contributed by atoms with Gasteiger partial charge in [0.25, 0.3) is 0 Å². The smallest absolute Gasteiger partial charge is 0.227 e. The van der Waals surface area contributed by atoms with Gasteiger partial charge < -0.3 is 9.64 Å². The molecule has 1 aromatic rings. The Bertz CT molecular complexity index is 623. The molecule has 1 amide bonds. The number of amides is 1. The van der Waals surface area contributed by atoms with Crippen molar-refractivity contribution in [3.8, 4) is 0 Å². The summed E-state index contributed by atoms with van der Waals surface area (Å²) in [6.45, 7) is 10.4. The quantitative estimate of drug-likeness (QED) is 0.784. The molecule has 0 aliphatic carbocycles. The maximum atomic E-state index is 12.9. The fraction of sp³-hybridized carbons (Fsp3) is 0.800. The van der Waals surface area contributed by atoms with Crippen LogP contribution in [0, 0.1) is 12.8 Å². The Labute approximate surface area is 166 Å². The molecule has 0 radical (unpaired) electrons. The Balaban J connectivity index is 1.26. The van der Waals surface area contributed by atoms with Gasteiger partial charge in [0, 0.05) is 49.8 Å². The lowest BCUT2D eigenvalue weighted by Crippen LogP contribution is -2.52. The molecule has 0 spiro atoms. The number of thiazole rings is 1. The van der Waals surface area contributed by atoms with Crippen molar-refractivity contribution in [3.05, 3.63) is 16.1 Å². The summed E-state index contributed by atoms with van der Waals surface area (Å²) in [5.74, 6) is 0.549. The summed E-state index contributed by atoms with van der Waals surface area (Å²) in [6, 6.07) is 0.638. The third-order valence-electron chi connectivity index (χ3n) is 6.22. The van der Waals surface area contributed by atoms with Crippen LogP contribution in [0.3, 0.4) is 0 Å². The maximum absolute atomic E-state index is 12.9. The van der Waals surface area contributed by atoms with Crippen molar-refractivity contribution >= 4 is 17.2 Å². The lowest BCUT2D eigenvalue weighted by molar-refractivity contribution is -0.142. The second-order valence-corrected chi connectivity index (χ2v) is 9.10. The first-order valence-corrected chi connectivity index (χ1v) is 11.3. The molecule has 3 fully saturated rings. The minimum absolute atomic E-state index is 0.188. The second-order valence-electron chi connectivity index (χ2n) is 8.16. The molecule has 3 aliphatic rings. The average molecular weight is 393 g/mol. The molecule has 1 aromatic heterocycles. The van der Waals surface area contributed by atoms with Crippen LogP contribution in [0.4, 0.5) is 0 Å². The monoisotopic (exact) mass is 392 g/mol. The topological polar surface area (TPSA) is 48.9 Å². The molecule has 0 bridgehead atoms. The summed E-state index contributed by atoms with van der Waals surface area (Å²) < 4.78 is 5.39. The Morgan fingerprint density at radius 3 is 2.67 bits per heavy atom. The van der Waals surface area contributed by atoms with Crippen molar-refractivity contribution in [2.24, 2.45) is 5.92 Å². The SMILES string of the molecule is Cc1csc(CN2CCC(N3CCCC(C(=O)N4CCOCC4)C3)CC2)n1. The van der Waals surface area contributed by atoms with Gasteiger partial charge in [-0.3, -0.25) is 14.6 Å². The maximum Gasteiger partial charge on any atom is 0.227 e. The zero-order chi connectivity index (χ0) is 18.6. The number of ether oxygens (including phenoxy) is 1. The van der Waals surface area contributed by atoms with Crippen molar-refractivity contribution < 1.29 is 9.53 Å². The van der Waals surface area contributed by atoms with Gasteiger partial charge in [0.05, 0.1) is 25.7 Å². The van der Waals surface area contributed by atoms with E-state index in [2.05, 4.69) is 27.1 Å². The highest BCUT2D eigenvalue weighted by atomic mass is 32.1. The molecule has 150 valence electrons. The highest BCUT2D eigenvalue weighted by molar-refractivity contribution is 7.09. The van der Waals surface area contributed by atoms with Crippen LogP contribution in [0.1, 0.15) is 36.4 Å². The van der Waals surface area contributed by atoms with Crippen LogP contribution in [0.2, 0.25) is 0 Å². The van der Waals surface area contributed by atoms with Crippen molar-refractivity contribution in [1.82, 2.24) is 19.7 Å². The van der Waals surface area contributed by atoms with E-state index in [1.165, 1.54) is 17.8 Å². The molecule has 6 nitrogen and oxygen atoms in total. The van der Waals surface area contributed by atoms with E-state index in [-0.39, 0.29) is 5.92 Å². The Morgan fingerprint density at radius 1 is 1.19 bits per heavy atom. The van der Waals surface area contributed by atoms with Crippen LogP contribution < -0.4 is 0 Å². The van der Waals surface area contributed by atoms with Crippen molar-refractivity contribution in [2.75, 3.05) is 52.5 Å². The van der Waals surface area contributed by atoms with E-state index in [0.717, 1.165) is 64.3 Å². The van der Waals surface area contributed by atoms with E-state index in [1.54, 1.807) is 11.3 Å². The number of rotatable bonds is 4. The molecule has 7 heteroatoms. The number of hydrogen-bond acceptors (Lipinski definition) is 6. The zero-order valence-corrected chi connectivity index (χ0v) is 17.3. The van der Waals surface area contributed by atoms with Gasteiger partial charge in [-0.1, -0.05) is 0 Å². The van der Waals surface area contributed by atoms with Gasteiger partial charge in [0.2, 0.25) is 5.91 Å². The number of hydrogen-bond donors (Lipinski definition) is 0. The molecule has 0 aromatic carbocycles. The Morgan fingerprint density at radius 2 is 1.96 bits per heavy atom. The third kappa shape index (κ3) is 4.88. The zero-order valence-electron chi connectivity index (χ0n) is 16.4. The summed E-state index contributed by atoms with van der Waals surface area (Å²) in [4.78, 5) is 24.6. The van der Waals surface area contributed by atoms with Gasteiger partial charge in [0.15, 0.2) is 0 Å². The number of morpholine rings is 1. The number of likely N-dealkylation sites (tertiary alicyclic amines) is 2. The van der Waals surface area contributed by atoms with Crippen LogP contribution in [0.15, 0.2) is 5.38 Å². The second kappa shape index (κ2) is 8.99. The van der Waals surface area contributed by atoms with Gasteiger partial charge >= 0.3 is 0 Å². The van der Waals surface area contributed by atoms with Gasteiger partial charge in [-0.15, -0.1) is 11.3 Å². The van der Waals surface area contributed by atoms with Crippen LogP contribution >= 0.6 is 11.3 Å².